The molecule has 1 atom stereocenters. The molecular weight excluding hydrogens is 338 g/mol. The first kappa shape index (κ1) is 16.9. The summed E-state index contributed by atoms with van der Waals surface area (Å²) in [4.78, 5) is 17.5. The number of hydrogen-bond donors (Lipinski definition) is 1. The smallest absolute Gasteiger partial charge is 0.287 e. The zero-order valence-electron chi connectivity index (χ0n) is 15.7. The summed E-state index contributed by atoms with van der Waals surface area (Å²) in [6.45, 7) is 5.61. The summed E-state index contributed by atoms with van der Waals surface area (Å²) in [6.07, 6.45) is 4.94. The van der Waals surface area contributed by atoms with Crippen LogP contribution in [0.1, 0.15) is 36.2 Å². The predicted octanol–water partition coefficient (Wildman–Crippen LogP) is 3.37. The van der Waals surface area contributed by atoms with E-state index in [0.717, 1.165) is 31.0 Å². The van der Waals surface area contributed by atoms with Gasteiger partial charge in [-0.15, -0.1) is 0 Å². The molecule has 4 fully saturated rings. The van der Waals surface area contributed by atoms with Gasteiger partial charge in [0.2, 0.25) is 0 Å². The van der Waals surface area contributed by atoms with Gasteiger partial charge >= 0.3 is 0 Å². The first-order chi connectivity index (χ1) is 13.3. The molecule has 1 amide bonds. The van der Waals surface area contributed by atoms with E-state index in [0.29, 0.717) is 11.7 Å². The molecule has 1 N–H and O–H groups in total. The summed E-state index contributed by atoms with van der Waals surface area (Å²) in [7, 11) is 0. The highest BCUT2D eigenvalue weighted by molar-refractivity contribution is 5.92. The summed E-state index contributed by atoms with van der Waals surface area (Å²) < 4.78 is 5.88. The fourth-order valence-electron chi connectivity index (χ4n) is 4.80. The average molecular weight is 365 g/mol. The van der Waals surface area contributed by atoms with Crippen LogP contribution in [0.15, 0.2) is 40.8 Å². The van der Waals surface area contributed by atoms with Crippen molar-refractivity contribution in [3.8, 4) is 11.3 Å². The van der Waals surface area contributed by atoms with Crippen LogP contribution < -0.4 is 10.2 Å². The molecule has 6 rings (SSSR count). The normalized spacial score (nSPS) is 27.1. The molecule has 2 aromatic rings. The van der Waals surface area contributed by atoms with Crippen molar-refractivity contribution in [3.05, 3.63) is 42.2 Å². The highest BCUT2D eigenvalue weighted by Crippen LogP contribution is 2.29. The van der Waals surface area contributed by atoms with Crippen LogP contribution in [0.2, 0.25) is 0 Å². The Morgan fingerprint density at radius 2 is 1.70 bits per heavy atom. The van der Waals surface area contributed by atoms with Crippen molar-refractivity contribution in [1.29, 1.82) is 0 Å². The quantitative estimate of drug-likeness (QED) is 0.902. The summed E-state index contributed by atoms with van der Waals surface area (Å²) >= 11 is 0. The second-order valence-electron chi connectivity index (χ2n) is 8.12. The fraction of sp³-hybridized carbons (Fsp3) is 0.500. The molecule has 1 aromatic carbocycles. The minimum absolute atomic E-state index is 0.0892. The molecule has 0 spiro atoms. The standard InChI is InChI=1S/C22H27N3O2/c26-22(23-19-15-24-13-9-16(19)10-14-24)21-8-7-20(27-21)17-3-5-18(6-4-17)25-11-1-2-12-25/h3-8,16,19H,1-2,9-15H2,(H,23,26)/t19-/m0/s1. The van der Waals surface area contributed by atoms with Gasteiger partial charge in [0.1, 0.15) is 5.76 Å². The van der Waals surface area contributed by atoms with Crippen LogP contribution >= 0.6 is 0 Å². The SMILES string of the molecule is O=C(N[C@H]1CN2CCC1CC2)c1ccc(-c2ccc(N3CCCC3)cc2)o1. The number of nitrogens with zero attached hydrogens (tertiary/aromatic N) is 2. The molecule has 0 saturated carbocycles. The first-order valence-corrected chi connectivity index (χ1v) is 10.2. The zero-order chi connectivity index (χ0) is 18.2. The molecule has 0 aliphatic carbocycles. The molecular formula is C22H27N3O2. The molecule has 5 nitrogen and oxygen atoms in total. The Hall–Kier alpha value is -2.27. The van der Waals surface area contributed by atoms with Crippen LogP contribution in [-0.4, -0.2) is 49.6 Å². The summed E-state index contributed by atoms with van der Waals surface area (Å²) in [6, 6.07) is 12.4. The molecule has 4 saturated heterocycles. The van der Waals surface area contributed by atoms with Gasteiger partial charge in [0.15, 0.2) is 5.76 Å². The molecule has 5 heteroatoms. The molecule has 5 heterocycles. The second-order valence-corrected chi connectivity index (χ2v) is 8.12. The highest BCUT2D eigenvalue weighted by atomic mass is 16.3. The van der Waals surface area contributed by atoms with Crippen LogP contribution in [0, 0.1) is 5.92 Å². The first-order valence-electron chi connectivity index (χ1n) is 10.2. The maximum atomic E-state index is 12.6. The fourth-order valence-corrected chi connectivity index (χ4v) is 4.80. The van der Waals surface area contributed by atoms with Gasteiger partial charge in [-0.3, -0.25) is 4.79 Å². The van der Waals surface area contributed by atoms with Gasteiger partial charge in [0, 0.05) is 36.9 Å². The summed E-state index contributed by atoms with van der Waals surface area (Å²) in [5, 5.41) is 3.20. The molecule has 1 aromatic heterocycles. The van der Waals surface area contributed by atoms with E-state index >= 15 is 0 Å². The Kier molecular flexibility index (Phi) is 4.40. The van der Waals surface area contributed by atoms with Gasteiger partial charge in [-0.1, -0.05) is 0 Å². The van der Waals surface area contributed by atoms with E-state index in [1.807, 2.05) is 6.07 Å². The lowest BCUT2D eigenvalue weighted by Crippen LogP contribution is -2.57. The van der Waals surface area contributed by atoms with Crippen LogP contribution in [0.5, 0.6) is 0 Å². The van der Waals surface area contributed by atoms with Crippen molar-refractivity contribution in [2.75, 3.05) is 37.6 Å². The number of piperidine rings is 3. The number of fused-ring (bicyclic) bond motifs is 3. The van der Waals surface area contributed by atoms with Crippen molar-refractivity contribution in [3.63, 3.8) is 0 Å². The Labute approximate surface area is 160 Å². The van der Waals surface area contributed by atoms with Gasteiger partial charge in [0.05, 0.1) is 0 Å². The lowest BCUT2D eigenvalue weighted by Gasteiger charge is -2.44. The largest absolute Gasteiger partial charge is 0.451 e. The van der Waals surface area contributed by atoms with E-state index in [9.17, 15) is 4.79 Å². The summed E-state index contributed by atoms with van der Waals surface area (Å²) in [5.74, 6) is 1.69. The Morgan fingerprint density at radius 1 is 0.963 bits per heavy atom. The third-order valence-corrected chi connectivity index (χ3v) is 6.43. The molecule has 4 aliphatic heterocycles. The van der Waals surface area contributed by atoms with Gasteiger partial charge < -0.3 is 19.5 Å². The highest BCUT2D eigenvalue weighted by Gasteiger charge is 2.35. The molecule has 0 radical (unpaired) electrons. The third kappa shape index (κ3) is 3.36. The van der Waals surface area contributed by atoms with Gasteiger partial charge in [-0.2, -0.15) is 0 Å². The molecule has 4 aliphatic rings. The number of carbonyl (C=O) groups is 1. The Bertz CT molecular complexity index is 799. The van der Waals surface area contributed by atoms with Crippen molar-refractivity contribution in [2.45, 2.75) is 31.7 Å². The van der Waals surface area contributed by atoms with E-state index in [2.05, 4.69) is 39.4 Å². The Balaban J connectivity index is 1.26. The van der Waals surface area contributed by atoms with E-state index < -0.39 is 0 Å². The van der Waals surface area contributed by atoms with E-state index in [4.69, 9.17) is 4.42 Å². The molecule has 27 heavy (non-hydrogen) atoms. The van der Waals surface area contributed by atoms with Gasteiger partial charge in [-0.05, 0) is 81.1 Å². The number of benzene rings is 1. The van der Waals surface area contributed by atoms with E-state index in [1.54, 1.807) is 6.07 Å². The predicted molar refractivity (Wildman–Crippen MR) is 106 cm³/mol. The summed E-state index contributed by atoms with van der Waals surface area (Å²) in [5.41, 5.74) is 2.28. The maximum Gasteiger partial charge on any atom is 0.287 e. The number of furan rings is 1. The number of amides is 1. The average Bonchev–Trinajstić information content (AvgIpc) is 3.41. The molecule has 142 valence electrons. The number of rotatable bonds is 4. The zero-order valence-corrected chi connectivity index (χ0v) is 15.7. The van der Waals surface area contributed by atoms with Crippen molar-refractivity contribution >= 4 is 11.6 Å². The minimum Gasteiger partial charge on any atom is -0.451 e. The molecule has 2 bridgehead atoms. The van der Waals surface area contributed by atoms with Crippen LogP contribution in [0.4, 0.5) is 5.69 Å². The van der Waals surface area contributed by atoms with Crippen molar-refractivity contribution < 1.29 is 9.21 Å². The topological polar surface area (TPSA) is 48.7 Å². The number of carbonyl (C=O) groups excluding carboxylic acids is 1. The van der Waals surface area contributed by atoms with E-state index in [1.165, 1.54) is 44.5 Å². The lowest BCUT2D eigenvalue weighted by atomic mass is 9.84. The van der Waals surface area contributed by atoms with Gasteiger partial charge in [-0.25, -0.2) is 0 Å². The van der Waals surface area contributed by atoms with E-state index in [-0.39, 0.29) is 11.9 Å². The van der Waals surface area contributed by atoms with Crippen LogP contribution in [0.3, 0.4) is 0 Å². The van der Waals surface area contributed by atoms with Crippen molar-refractivity contribution in [1.82, 2.24) is 10.2 Å². The second kappa shape index (κ2) is 7.04. The van der Waals surface area contributed by atoms with Gasteiger partial charge in [0.25, 0.3) is 5.91 Å². The maximum absolute atomic E-state index is 12.6. The minimum atomic E-state index is -0.0892. The van der Waals surface area contributed by atoms with Crippen molar-refractivity contribution in [2.24, 2.45) is 5.92 Å². The monoisotopic (exact) mass is 365 g/mol. The number of nitrogens with one attached hydrogen (secondary N) is 1. The Morgan fingerprint density at radius 3 is 2.37 bits per heavy atom. The molecule has 0 unspecified atom stereocenters. The third-order valence-electron chi connectivity index (χ3n) is 6.43. The van der Waals surface area contributed by atoms with Crippen LogP contribution in [0.25, 0.3) is 11.3 Å². The van der Waals surface area contributed by atoms with Crippen LogP contribution in [-0.2, 0) is 0 Å². The number of hydrogen-bond acceptors (Lipinski definition) is 4. The lowest BCUT2D eigenvalue weighted by molar-refractivity contribution is 0.0606. The number of anilines is 1.